The highest BCUT2D eigenvalue weighted by atomic mass is 15.3. The van der Waals surface area contributed by atoms with Crippen molar-refractivity contribution in [2.45, 2.75) is 39.0 Å². The van der Waals surface area contributed by atoms with Gasteiger partial charge in [0.2, 0.25) is 0 Å². The number of nitrogens with one attached hydrogen (secondary N) is 1. The zero-order valence-electron chi connectivity index (χ0n) is 14.0. The number of aromatic nitrogens is 2. The van der Waals surface area contributed by atoms with Crippen LogP contribution >= 0.6 is 0 Å². The number of nitrogens with zero attached hydrogens (tertiary/aromatic N) is 3. The van der Waals surface area contributed by atoms with E-state index in [1.54, 1.807) is 0 Å². The van der Waals surface area contributed by atoms with E-state index in [9.17, 15) is 0 Å². The van der Waals surface area contributed by atoms with Gasteiger partial charge in [0.1, 0.15) is 5.82 Å². The molecule has 1 saturated heterocycles. The van der Waals surface area contributed by atoms with Crippen molar-refractivity contribution in [2.75, 3.05) is 31.5 Å². The Morgan fingerprint density at radius 3 is 2.78 bits per heavy atom. The Kier molecular flexibility index (Phi) is 4.08. The van der Waals surface area contributed by atoms with Crippen LogP contribution in [0, 0.1) is 6.92 Å². The van der Waals surface area contributed by atoms with Gasteiger partial charge in [-0.2, -0.15) is 5.10 Å². The lowest BCUT2D eigenvalue weighted by Crippen LogP contribution is -2.31. The van der Waals surface area contributed by atoms with Gasteiger partial charge < -0.3 is 10.2 Å². The number of hydrogen-bond donors (Lipinski definition) is 1. The topological polar surface area (TPSA) is 33.1 Å². The number of fused-ring (bicyclic) bond motifs is 1. The highest BCUT2D eigenvalue weighted by molar-refractivity contribution is 5.58. The zero-order valence-corrected chi connectivity index (χ0v) is 14.0. The zero-order chi connectivity index (χ0) is 15.6. The molecule has 4 rings (SSSR count). The van der Waals surface area contributed by atoms with Gasteiger partial charge in [-0.1, -0.05) is 24.6 Å². The van der Waals surface area contributed by atoms with Crippen LogP contribution < -0.4 is 5.32 Å². The summed E-state index contributed by atoms with van der Waals surface area (Å²) in [5.74, 6) is 1.22. The third kappa shape index (κ3) is 2.88. The smallest absolute Gasteiger partial charge is 0.133 e. The van der Waals surface area contributed by atoms with Gasteiger partial charge in [0.05, 0.1) is 11.4 Å². The van der Waals surface area contributed by atoms with Crippen LogP contribution in [0.4, 0.5) is 5.82 Å². The monoisotopic (exact) mass is 310 g/mol. The summed E-state index contributed by atoms with van der Waals surface area (Å²) in [7, 11) is 0. The predicted octanol–water partition coefficient (Wildman–Crippen LogP) is 3.18. The van der Waals surface area contributed by atoms with Crippen molar-refractivity contribution in [3.8, 4) is 5.69 Å². The van der Waals surface area contributed by atoms with Crippen molar-refractivity contribution in [1.29, 1.82) is 0 Å². The molecule has 2 aromatic rings. The third-order valence-corrected chi connectivity index (χ3v) is 5.19. The second-order valence-corrected chi connectivity index (χ2v) is 6.80. The number of aryl methyl sites for hydroxylation is 1. The Labute approximate surface area is 138 Å². The molecular weight excluding hydrogens is 284 g/mol. The van der Waals surface area contributed by atoms with E-state index in [0.29, 0.717) is 0 Å². The lowest BCUT2D eigenvalue weighted by atomic mass is 10.1. The van der Waals surface area contributed by atoms with E-state index in [0.717, 1.165) is 25.9 Å². The van der Waals surface area contributed by atoms with Crippen LogP contribution in [0.2, 0.25) is 0 Å². The van der Waals surface area contributed by atoms with Crippen molar-refractivity contribution in [2.24, 2.45) is 0 Å². The number of benzene rings is 1. The lowest BCUT2D eigenvalue weighted by Gasteiger charge is -2.26. The maximum atomic E-state index is 4.97. The maximum absolute atomic E-state index is 4.97. The number of likely N-dealkylation sites (tertiary alicyclic amines) is 1. The molecule has 4 nitrogen and oxygen atoms in total. The van der Waals surface area contributed by atoms with Gasteiger partial charge in [0.25, 0.3) is 0 Å². The summed E-state index contributed by atoms with van der Waals surface area (Å²) < 4.78 is 2.13. The average molecular weight is 310 g/mol. The molecule has 0 aliphatic carbocycles. The van der Waals surface area contributed by atoms with E-state index in [2.05, 4.69) is 46.1 Å². The fourth-order valence-electron chi connectivity index (χ4n) is 3.87. The molecule has 0 amide bonds. The number of piperidine rings is 1. The first-order chi connectivity index (χ1) is 11.3. The van der Waals surface area contributed by atoms with E-state index in [4.69, 9.17) is 5.10 Å². The Balaban J connectivity index is 1.59. The molecule has 1 aromatic heterocycles. The normalized spacial score (nSPS) is 18.0. The first-order valence-electron chi connectivity index (χ1n) is 8.96. The van der Waals surface area contributed by atoms with Crippen LogP contribution in [0.15, 0.2) is 24.3 Å². The largest absolute Gasteiger partial charge is 0.369 e. The summed E-state index contributed by atoms with van der Waals surface area (Å²) in [4.78, 5) is 2.60. The first-order valence-corrected chi connectivity index (χ1v) is 8.96. The third-order valence-electron chi connectivity index (χ3n) is 5.19. The fraction of sp³-hybridized carbons (Fsp3) is 0.526. The van der Waals surface area contributed by atoms with Crippen LogP contribution in [-0.4, -0.2) is 40.9 Å². The Hall–Kier alpha value is -1.81. The number of hydrogen-bond acceptors (Lipinski definition) is 3. The minimum absolute atomic E-state index is 1.04. The molecular formula is C19H26N4. The Morgan fingerprint density at radius 1 is 1.13 bits per heavy atom. The number of para-hydroxylation sites is 1. The summed E-state index contributed by atoms with van der Waals surface area (Å²) >= 11 is 0. The predicted molar refractivity (Wildman–Crippen MR) is 94.5 cm³/mol. The molecule has 1 N–H and O–H groups in total. The van der Waals surface area contributed by atoms with Gasteiger partial charge in [-0.15, -0.1) is 0 Å². The molecule has 0 unspecified atom stereocenters. The van der Waals surface area contributed by atoms with Gasteiger partial charge in [-0.25, -0.2) is 4.68 Å². The molecule has 2 aliphatic rings. The minimum atomic E-state index is 1.04. The molecule has 2 aliphatic heterocycles. The second kappa shape index (κ2) is 6.36. The summed E-state index contributed by atoms with van der Waals surface area (Å²) in [6, 6.07) is 8.51. The molecule has 1 fully saturated rings. The fourth-order valence-corrected chi connectivity index (χ4v) is 3.87. The molecule has 3 heterocycles. The molecule has 122 valence electrons. The molecule has 0 atom stereocenters. The summed E-state index contributed by atoms with van der Waals surface area (Å²) in [5.41, 5.74) is 5.19. The first kappa shape index (κ1) is 14.8. The summed E-state index contributed by atoms with van der Waals surface area (Å²) in [6.07, 6.45) is 6.30. The average Bonchev–Trinajstić information content (AvgIpc) is 3.18. The highest BCUT2D eigenvalue weighted by Gasteiger charge is 2.23. The van der Waals surface area contributed by atoms with Gasteiger partial charge in [0, 0.05) is 25.1 Å². The second-order valence-electron chi connectivity index (χ2n) is 6.80. The van der Waals surface area contributed by atoms with Crippen molar-refractivity contribution in [3.63, 3.8) is 0 Å². The Morgan fingerprint density at radius 2 is 1.96 bits per heavy atom. The minimum Gasteiger partial charge on any atom is -0.369 e. The van der Waals surface area contributed by atoms with E-state index in [1.165, 1.54) is 60.7 Å². The van der Waals surface area contributed by atoms with E-state index >= 15 is 0 Å². The SMILES string of the molecule is Cc1ccccc1-n1nc(CCN2CCCCC2)c2c1NCC2. The van der Waals surface area contributed by atoms with Gasteiger partial charge in [0.15, 0.2) is 0 Å². The van der Waals surface area contributed by atoms with Crippen LogP contribution in [0.25, 0.3) is 5.69 Å². The summed E-state index contributed by atoms with van der Waals surface area (Å²) in [5, 5.41) is 8.51. The number of rotatable bonds is 4. The number of anilines is 1. The van der Waals surface area contributed by atoms with Crippen molar-refractivity contribution < 1.29 is 0 Å². The van der Waals surface area contributed by atoms with Gasteiger partial charge in [-0.05, 0) is 50.9 Å². The molecule has 0 saturated carbocycles. The summed E-state index contributed by atoms with van der Waals surface area (Å²) in [6.45, 7) is 6.87. The van der Waals surface area contributed by atoms with Gasteiger partial charge in [-0.3, -0.25) is 0 Å². The molecule has 0 radical (unpaired) electrons. The molecule has 23 heavy (non-hydrogen) atoms. The van der Waals surface area contributed by atoms with Gasteiger partial charge >= 0.3 is 0 Å². The lowest BCUT2D eigenvalue weighted by molar-refractivity contribution is 0.230. The van der Waals surface area contributed by atoms with E-state index < -0.39 is 0 Å². The van der Waals surface area contributed by atoms with Crippen molar-refractivity contribution in [3.05, 3.63) is 41.1 Å². The molecule has 0 bridgehead atoms. The van der Waals surface area contributed by atoms with E-state index in [-0.39, 0.29) is 0 Å². The highest BCUT2D eigenvalue weighted by Crippen LogP contribution is 2.30. The molecule has 1 aromatic carbocycles. The van der Waals surface area contributed by atoms with Crippen LogP contribution in [0.3, 0.4) is 0 Å². The quantitative estimate of drug-likeness (QED) is 0.941. The van der Waals surface area contributed by atoms with Crippen molar-refractivity contribution in [1.82, 2.24) is 14.7 Å². The Bertz CT molecular complexity index is 683. The van der Waals surface area contributed by atoms with Crippen LogP contribution in [0.1, 0.15) is 36.1 Å². The standard InChI is InChI=1S/C19H26N4/c1-15-7-3-4-8-18(15)23-19-16(9-11-20-19)17(21-23)10-14-22-12-5-2-6-13-22/h3-4,7-8,20H,2,5-6,9-14H2,1H3. The maximum Gasteiger partial charge on any atom is 0.133 e. The van der Waals surface area contributed by atoms with Crippen LogP contribution in [0.5, 0.6) is 0 Å². The van der Waals surface area contributed by atoms with Crippen molar-refractivity contribution >= 4 is 5.82 Å². The van der Waals surface area contributed by atoms with E-state index in [1.807, 2.05) is 0 Å². The van der Waals surface area contributed by atoms with Crippen LogP contribution in [-0.2, 0) is 12.8 Å². The molecule has 4 heteroatoms. The molecule has 0 spiro atoms.